The van der Waals surface area contributed by atoms with Gasteiger partial charge in [-0.1, -0.05) is 57.0 Å². The minimum absolute atomic E-state index is 0.00547. The molecule has 3 heteroatoms. The molecule has 0 aromatic heterocycles. The van der Waals surface area contributed by atoms with Gasteiger partial charge in [0.2, 0.25) is 5.91 Å². The van der Waals surface area contributed by atoms with Crippen molar-refractivity contribution in [3.05, 3.63) is 35.9 Å². The summed E-state index contributed by atoms with van der Waals surface area (Å²) >= 11 is 0. The zero-order chi connectivity index (χ0) is 15.3. The van der Waals surface area contributed by atoms with Crippen LogP contribution < -0.4 is 11.1 Å². The van der Waals surface area contributed by atoms with E-state index in [0.29, 0.717) is 6.42 Å². The number of benzene rings is 1. The van der Waals surface area contributed by atoms with Gasteiger partial charge in [-0.25, -0.2) is 0 Å². The molecule has 1 fully saturated rings. The van der Waals surface area contributed by atoms with E-state index in [4.69, 9.17) is 5.73 Å². The second-order valence-electron chi connectivity index (χ2n) is 6.93. The molecule has 2 unspecified atom stereocenters. The number of amides is 1. The van der Waals surface area contributed by atoms with Crippen LogP contribution in [-0.4, -0.2) is 18.0 Å². The maximum absolute atomic E-state index is 12.3. The lowest BCUT2D eigenvalue weighted by atomic mass is 9.73. The van der Waals surface area contributed by atoms with Crippen LogP contribution in [0.5, 0.6) is 0 Å². The van der Waals surface area contributed by atoms with Gasteiger partial charge >= 0.3 is 0 Å². The van der Waals surface area contributed by atoms with Crippen LogP contribution in [-0.2, 0) is 11.2 Å². The van der Waals surface area contributed by atoms with E-state index in [1.807, 2.05) is 18.2 Å². The Hall–Kier alpha value is -1.35. The smallest absolute Gasteiger partial charge is 0.237 e. The summed E-state index contributed by atoms with van der Waals surface area (Å²) in [6.07, 6.45) is 6.26. The van der Waals surface area contributed by atoms with Crippen molar-refractivity contribution in [1.82, 2.24) is 5.32 Å². The molecular weight excluding hydrogens is 260 g/mol. The number of nitrogens with two attached hydrogens (primary N) is 1. The molecule has 2 rings (SSSR count). The van der Waals surface area contributed by atoms with E-state index >= 15 is 0 Å². The summed E-state index contributed by atoms with van der Waals surface area (Å²) in [5.41, 5.74) is 7.48. The van der Waals surface area contributed by atoms with E-state index in [0.717, 1.165) is 12.8 Å². The largest absolute Gasteiger partial charge is 0.351 e. The molecule has 1 saturated carbocycles. The number of aryl methyl sites for hydroxylation is 1. The fraction of sp³-hybridized carbons (Fsp3) is 0.611. The van der Waals surface area contributed by atoms with Crippen molar-refractivity contribution in [2.75, 3.05) is 0 Å². The lowest BCUT2D eigenvalue weighted by molar-refractivity contribution is -0.124. The third kappa shape index (κ3) is 4.57. The Morgan fingerprint density at radius 1 is 1.33 bits per heavy atom. The molecule has 21 heavy (non-hydrogen) atoms. The van der Waals surface area contributed by atoms with Gasteiger partial charge in [-0.05, 0) is 36.7 Å². The Morgan fingerprint density at radius 3 is 2.71 bits per heavy atom. The first-order chi connectivity index (χ1) is 9.99. The molecule has 0 heterocycles. The number of hydrogen-bond acceptors (Lipinski definition) is 2. The summed E-state index contributed by atoms with van der Waals surface area (Å²) in [6, 6.07) is 10.0. The van der Waals surface area contributed by atoms with Crippen molar-refractivity contribution < 1.29 is 4.79 Å². The molecule has 2 atom stereocenters. The van der Waals surface area contributed by atoms with Gasteiger partial charge < -0.3 is 11.1 Å². The number of rotatable bonds is 5. The fourth-order valence-corrected chi connectivity index (χ4v) is 3.14. The molecule has 1 amide bonds. The van der Waals surface area contributed by atoms with E-state index in [9.17, 15) is 4.79 Å². The highest BCUT2D eigenvalue weighted by Crippen LogP contribution is 2.35. The van der Waals surface area contributed by atoms with Gasteiger partial charge in [0.15, 0.2) is 0 Å². The summed E-state index contributed by atoms with van der Waals surface area (Å²) in [5, 5.41) is 3.18. The van der Waals surface area contributed by atoms with Crippen LogP contribution in [0.1, 0.15) is 51.5 Å². The lowest BCUT2D eigenvalue weighted by Gasteiger charge is -2.39. The van der Waals surface area contributed by atoms with Gasteiger partial charge in [-0.3, -0.25) is 4.79 Å². The zero-order valence-corrected chi connectivity index (χ0v) is 13.3. The summed E-state index contributed by atoms with van der Waals surface area (Å²) in [5.74, 6) is 0.00547. The summed E-state index contributed by atoms with van der Waals surface area (Å²) in [6.45, 7) is 4.49. The Morgan fingerprint density at radius 2 is 2.05 bits per heavy atom. The molecule has 3 nitrogen and oxygen atoms in total. The first-order valence-corrected chi connectivity index (χ1v) is 8.09. The van der Waals surface area contributed by atoms with Crippen LogP contribution in [0.25, 0.3) is 0 Å². The Balaban J connectivity index is 1.82. The van der Waals surface area contributed by atoms with E-state index in [1.54, 1.807) is 0 Å². The van der Waals surface area contributed by atoms with Gasteiger partial charge in [-0.2, -0.15) is 0 Å². The van der Waals surface area contributed by atoms with E-state index < -0.39 is 6.04 Å². The van der Waals surface area contributed by atoms with Gasteiger partial charge in [-0.15, -0.1) is 0 Å². The van der Waals surface area contributed by atoms with Crippen LogP contribution in [0, 0.1) is 5.41 Å². The molecule has 1 aliphatic carbocycles. The monoisotopic (exact) mass is 288 g/mol. The molecule has 0 spiro atoms. The average Bonchev–Trinajstić information content (AvgIpc) is 2.48. The highest BCUT2D eigenvalue weighted by molar-refractivity contribution is 5.81. The second-order valence-corrected chi connectivity index (χ2v) is 6.93. The molecule has 0 saturated heterocycles. The van der Waals surface area contributed by atoms with Crippen molar-refractivity contribution in [3.8, 4) is 0 Å². The molecule has 0 bridgehead atoms. The van der Waals surface area contributed by atoms with Crippen LogP contribution in [0.4, 0.5) is 0 Å². The Bertz CT molecular complexity index is 456. The SMILES string of the molecule is CC1(C)CCCCC1NC(=O)C(N)CCc1ccccc1. The van der Waals surface area contributed by atoms with Crippen LogP contribution in [0.3, 0.4) is 0 Å². The Labute approximate surface area is 128 Å². The molecule has 3 N–H and O–H groups in total. The topological polar surface area (TPSA) is 55.1 Å². The Kier molecular flexibility index (Phi) is 5.40. The highest BCUT2D eigenvalue weighted by atomic mass is 16.2. The van der Waals surface area contributed by atoms with Gasteiger partial charge in [0.25, 0.3) is 0 Å². The highest BCUT2D eigenvalue weighted by Gasteiger charge is 2.33. The second kappa shape index (κ2) is 7.08. The van der Waals surface area contributed by atoms with Crippen LogP contribution in [0.2, 0.25) is 0 Å². The van der Waals surface area contributed by atoms with Crippen molar-refractivity contribution in [2.24, 2.45) is 11.1 Å². The lowest BCUT2D eigenvalue weighted by Crippen LogP contribution is -2.51. The normalized spacial score (nSPS) is 22.5. The van der Waals surface area contributed by atoms with Crippen LogP contribution in [0.15, 0.2) is 30.3 Å². The summed E-state index contributed by atoms with van der Waals surface area (Å²) in [7, 11) is 0. The van der Waals surface area contributed by atoms with Gasteiger partial charge in [0, 0.05) is 6.04 Å². The first-order valence-electron chi connectivity index (χ1n) is 8.09. The number of carbonyl (C=O) groups excluding carboxylic acids is 1. The quantitative estimate of drug-likeness (QED) is 0.875. The van der Waals surface area contributed by atoms with Gasteiger partial charge in [0.1, 0.15) is 0 Å². The maximum atomic E-state index is 12.3. The standard InChI is InChI=1S/C18H28N2O/c1-18(2)13-7-6-10-16(18)20-17(21)15(19)12-11-14-8-4-3-5-9-14/h3-5,8-9,15-16H,6-7,10-13,19H2,1-2H3,(H,20,21). The van der Waals surface area contributed by atoms with Crippen molar-refractivity contribution in [1.29, 1.82) is 0 Å². The molecular formula is C18H28N2O. The van der Waals surface area contributed by atoms with Crippen molar-refractivity contribution >= 4 is 5.91 Å². The van der Waals surface area contributed by atoms with Crippen molar-refractivity contribution in [3.63, 3.8) is 0 Å². The third-order valence-corrected chi connectivity index (χ3v) is 4.75. The van der Waals surface area contributed by atoms with E-state index in [-0.39, 0.29) is 17.4 Å². The number of nitrogens with one attached hydrogen (secondary N) is 1. The van der Waals surface area contributed by atoms with Crippen LogP contribution >= 0.6 is 0 Å². The minimum Gasteiger partial charge on any atom is -0.351 e. The minimum atomic E-state index is -0.414. The number of hydrogen-bond donors (Lipinski definition) is 2. The average molecular weight is 288 g/mol. The third-order valence-electron chi connectivity index (χ3n) is 4.75. The first kappa shape index (κ1) is 16.0. The summed E-state index contributed by atoms with van der Waals surface area (Å²) < 4.78 is 0. The fourth-order valence-electron chi connectivity index (χ4n) is 3.14. The maximum Gasteiger partial charge on any atom is 0.237 e. The number of carbonyl (C=O) groups is 1. The van der Waals surface area contributed by atoms with E-state index in [2.05, 4.69) is 31.3 Å². The molecule has 116 valence electrons. The molecule has 0 aliphatic heterocycles. The molecule has 1 aromatic rings. The summed E-state index contributed by atoms with van der Waals surface area (Å²) in [4.78, 5) is 12.3. The zero-order valence-electron chi connectivity index (χ0n) is 13.3. The molecule has 1 aromatic carbocycles. The molecule has 0 radical (unpaired) electrons. The van der Waals surface area contributed by atoms with Crippen molar-refractivity contribution in [2.45, 2.75) is 64.5 Å². The predicted molar refractivity (Wildman–Crippen MR) is 86.9 cm³/mol. The van der Waals surface area contributed by atoms with Gasteiger partial charge in [0.05, 0.1) is 6.04 Å². The molecule has 1 aliphatic rings. The predicted octanol–water partition coefficient (Wildman–Crippen LogP) is 3.03. The van der Waals surface area contributed by atoms with E-state index in [1.165, 1.54) is 24.8 Å².